The smallest absolute Gasteiger partial charge is 0.226 e. The number of hydrogen-bond acceptors (Lipinski definition) is 3. The first-order chi connectivity index (χ1) is 10.1. The Balaban J connectivity index is 0.00000176. The van der Waals surface area contributed by atoms with Crippen molar-refractivity contribution in [2.24, 2.45) is 11.7 Å². The number of benzene rings is 1. The van der Waals surface area contributed by atoms with Gasteiger partial charge in [0.1, 0.15) is 0 Å². The molecule has 1 saturated heterocycles. The highest BCUT2D eigenvalue weighted by molar-refractivity contribution is 7.99. The van der Waals surface area contributed by atoms with Gasteiger partial charge in [-0.25, -0.2) is 0 Å². The lowest BCUT2D eigenvalue weighted by molar-refractivity contribution is -0.137. The maximum atomic E-state index is 12.8. The van der Waals surface area contributed by atoms with Gasteiger partial charge in [0.05, 0.1) is 6.04 Å². The largest absolute Gasteiger partial charge is 0.334 e. The van der Waals surface area contributed by atoms with Crippen LogP contribution in [0, 0.1) is 5.92 Å². The fourth-order valence-corrected chi connectivity index (χ4v) is 4.52. The van der Waals surface area contributed by atoms with Crippen LogP contribution in [0.4, 0.5) is 0 Å². The number of nitrogens with two attached hydrogens (primary N) is 1. The number of rotatable bonds is 2. The maximum Gasteiger partial charge on any atom is 0.226 e. The Morgan fingerprint density at radius 3 is 2.64 bits per heavy atom. The van der Waals surface area contributed by atoms with Gasteiger partial charge in [-0.2, -0.15) is 11.8 Å². The molecule has 1 saturated carbocycles. The summed E-state index contributed by atoms with van der Waals surface area (Å²) in [5.74, 6) is 2.40. The van der Waals surface area contributed by atoms with Crippen LogP contribution in [0.15, 0.2) is 24.3 Å². The predicted octanol–water partition coefficient (Wildman–Crippen LogP) is 3.51. The van der Waals surface area contributed by atoms with Crippen LogP contribution < -0.4 is 5.73 Å². The van der Waals surface area contributed by atoms with Gasteiger partial charge in [-0.05, 0) is 37.0 Å². The van der Waals surface area contributed by atoms with Gasteiger partial charge in [0.15, 0.2) is 0 Å². The minimum absolute atomic E-state index is 0. The van der Waals surface area contributed by atoms with Crippen molar-refractivity contribution >= 4 is 41.7 Å². The molecule has 0 bridgehead atoms. The van der Waals surface area contributed by atoms with Crippen LogP contribution in [0.3, 0.4) is 0 Å². The molecule has 2 fully saturated rings. The molecule has 3 nitrogen and oxygen atoms in total. The molecular formula is C16H22Cl2N2OS. The molecule has 6 heteroatoms. The van der Waals surface area contributed by atoms with Crippen LogP contribution in [0.25, 0.3) is 0 Å². The number of nitrogens with zero attached hydrogens (tertiary/aromatic N) is 1. The molecule has 2 aliphatic rings. The summed E-state index contributed by atoms with van der Waals surface area (Å²) >= 11 is 7.88. The highest BCUT2D eigenvalue weighted by Gasteiger charge is 2.35. The molecule has 1 aliphatic carbocycles. The van der Waals surface area contributed by atoms with E-state index in [1.54, 1.807) is 0 Å². The molecule has 1 amide bonds. The molecule has 3 unspecified atom stereocenters. The van der Waals surface area contributed by atoms with E-state index in [-0.39, 0.29) is 30.4 Å². The average molecular weight is 361 g/mol. The van der Waals surface area contributed by atoms with Gasteiger partial charge >= 0.3 is 0 Å². The summed E-state index contributed by atoms with van der Waals surface area (Å²) in [6.07, 6.45) is 2.76. The molecule has 22 heavy (non-hydrogen) atoms. The van der Waals surface area contributed by atoms with Crippen molar-refractivity contribution in [1.82, 2.24) is 4.90 Å². The molecular weight excluding hydrogens is 339 g/mol. The summed E-state index contributed by atoms with van der Waals surface area (Å²) in [5.41, 5.74) is 7.15. The Morgan fingerprint density at radius 2 is 2.00 bits per heavy atom. The van der Waals surface area contributed by atoms with Crippen molar-refractivity contribution < 1.29 is 4.79 Å². The molecule has 1 aliphatic heterocycles. The Bertz CT molecular complexity index is 511. The van der Waals surface area contributed by atoms with Crippen LogP contribution in [-0.4, -0.2) is 34.9 Å². The van der Waals surface area contributed by atoms with Crippen molar-refractivity contribution in [3.05, 3.63) is 34.9 Å². The molecule has 1 aromatic rings. The van der Waals surface area contributed by atoms with Crippen molar-refractivity contribution in [1.29, 1.82) is 0 Å². The zero-order valence-electron chi connectivity index (χ0n) is 12.4. The van der Waals surface area contributed by atoms with Crippen LogP contribution in [0.5, 0.6) is 0 Å². The van der Waals surface area contributed by atoms with E-state index < -0.39 is 0 Å². The quantitative estimate of drug-likeness (QED) is 0.877. The second-order valence-corrected chi connectivity index (χ2v) is 7.53. The summed E-state index contributed by atoms with van der Waals surface area (Å²) in [5, 5.41) is 0.738. The van der Waals surface area contributed by atoms with Gasteiger partial charge < -0.3 is 10.6 Å². The lowest BCUT2D eigenvalue weighted by atomic mass is 10.0. The van der Waals surface area contributed by atoms with Gasteiger partial charge in [-0.3, -0.25) is 4.79 Å². The molecule has 3 atom stereocenters. The lowest BCUT2D eigenvalue weighted by Gasteiger charge is -2.37. The van der Waals surface area contributed by atoms with E-state index in [0.717, 1.165) is 42.3 Å². The number of carbonyl (C=O) groups is 1. The monoisotopic (exact) mass is 360 g/mol. The second-order valence-electron chi connectivity index (χ2n) is 5.94. The summed E-state index contributed by atoms with van der Waals surface area (Å²) in [6.45, 7) is 0.836. The Labute approximate surface area is 147 Å². The number of carbonyl (C=O) groups excluding carboxylic acids is 1. The average Bonchev–Trinajstić information content (AvgIpc) is 2.94. The molecule has 1 heterocycles. The normalized spacial score (nSPS) is 28.3. The zero-order valence-corrected chi connectivity index (χ0v) is 14.8. The van der Waals surface area contributed by atoms with E-state index >= 15 is 0 Å². The zero-order chi connectivity index (χ0) is 14.8. The number of halogens is 2. The fourth-order valence-electron chi connectivity index (χ4n) is 3.30. The SMILES string of the molecule is Cl.NC1CCC(C(=O)N2CCSCC2c2ccc(Cl)cc2)C1. The minimum atomic E-state index is 0. The van der Waals surface area contributed by atoms with Crippen LogP contribution in [-0.2, 0) is 4.79 Å². The highest BCUT2D eigenvalue weighted by Crippen LogP contribution is 2.34. The van der Waals surface area contributed by atoms with Crippen molar-refractivity contribution in [3.63, 3.8) is 0 Å². The van der Waals surface area contributed by atoms with Gasteiger partial charge in [-0.1, -0.05) is 23.7 Å². The van der Waals surface area contributed by atoms with E-state index in [0.29, 0.717) is 5.91 Å². The first kappa shape index (κ1) is 17.9. The molecule has 0 radical (unpaired) electrons. The van der Waals surface area contributed by atoms with E-state index in [9.17, 15) is 4.79 Å². The summed E-state index contributed by atoms with van der Waals surface area (Å²) in [7, 11) is 0. The van der Waals surface area contributed by atoms with Gasteiger partial charge in [0.25, 0.3) is 0 Å². The van der Waals surface area contributed by atoms with E-state index in [4.69, 9.17) is 17.3 Å². The van der Waals surface area contributed by atoms with Gasteiger partial charge in [0, 0.05) is 35.0 Å². The first-order valence-electron chi connectivity index (χ1n) is 7.54. The third-order valence-corrected chi connectivity index (χ3v) is 5.76. The Morgan fingerprint density at radius 1 is 1.27 bits per heavy atom. The van der Waals surface area contributed by atoms with Crippen molar-refractivity contribution in [3.8, 4) is 0 Å². The third kappa shape index (κ3) is 3.91. The summed E-state index contributed by atoms with van der Waals surface area (Å²) in [4.78, 5) is 14.9. The number of amides is 1. The standard InChI is InChI=1S/C16H21ClN2OS.ClH/c17-13-4-1-11(2-5-13)15-10-21-8-7-19(15)16(20)12-3-6-14(18)9-12;/h1-2,4-5,12,14-15H,3,6-10,18H2;1H. The van der Waals surface area contributed by atoms with Gasteiger partial charge in [0.2, 0.25) is 5.91 Å². The van der Waals surface area contributed by atoms with E-state index in [2.05, 4.69) is 4.90 Å². The predicted molar refractivity (Wildman–Crippen MR) is 95.8 cm³/mol. The maximum absolute atomic E-state index is 12.8. The highest BCUT2D eigenvalue weighted by atomic mass is 35.5. The van der Waals surface area contributed by atoms with Gasteiger partial charge in [-0.15, -0.1) is 12.4 Å². The van der Waals surface area contributed by atoms with E-state index in [1.807, 2.05) is 36.0 Å². The second kappa shape index (κ2) is 7.91. The molecule has 0 spiro atoms. The van der Waals surface area contributed by atoms with Crippen molar-refractivity contribution in [2.45, 2.75) is 31.3 Å². The lowest BCUT2D eigenvalue weighted by Crippen LogP contribution is -2.43. The summed E-state index contributed by atoms with van der Waals surface area (Å²) in [6, 6.07) is 8.27. The molecule has 0 aromatic heterocycles. The van der Waals surface area contributed by atoms with E-state index in [1.165, 1.54) is 5.56 Å². The Kier molecular flexibility index (Phi) is 6.45. The van der Waals surface area contributed by atoms with Crippen LogP contribution in [0.2, 0.25) is 5.02 Å². The Hall–Kier alpha value is -0.420. The number of hydrogen-bond donors (Lipinski definition) is 1. The number of thioether (sulfide) groups is 1. The van der Waals surface area contributed by atoms with Crippen LogP contribution >= 0.6 is 35.8 Å². The molecule has 122 valence electrons. The minimum Gasteiger partial charge on any atom is -0.334 e. The molecule has 1 aromatic carbocycles. The molecule has 3 rings (SSSR count). The van der Waals surface area contributed by atoms with Crippen LogP contribution in [0.1, 0.15) is 30.9 Å². The first-order valence-corrected chi connectivity index (χ1v) is 9.07. The molecule has 2 N–H and O–H groups in total. The van der Waals surface area contributed by atoms with Crippen molar-refractivity contribution in [2.75, 3.05) is 18.1 Å². The topological polar surface area (TPSA) is 46.3 Å². The summed E-state index contributed by atoms with van der Waals surface area (Å²) < 4.78 is 0. The fraction of sp³-hybridized carbons (Fsp3) is 0.562. The third-order valence-electron chi connectivity index (χ3n) is 4.49.